The summed E-state index contributed by atoms with van der Waals surface area (Å²) in [5, 5.41) is 19.7. The predicted molar refractivity (Wildman–Crippen MR) is 96.6 cm³/mol. The molecule has 0 spiro atoms. The molecular formula is C17H21N5O3. The van der Waals surface area contributed by atoms with Crippen molar-refractivity contribution in [2.75, 3.05) is 18.9 Å². The highest BCUT2D eigenvalue weighted by atomic mass is 16.3. The van der Waals surface area contributed by atoms with Gasteiger partial charge in [0.2, 0.25) is 0 Å². The quantitative estimate of drug-likeness (QED) is 0.385. The van der Waals surface area contributed by atoms with Crippen molar-refractivity contribution in [3.8, 4) is 0 Å². The number of rotatable bonds is 5. The number of amides is 1. The lowest BCUT2D eigenvalue weighted by Gasteiger charge is -2.23. The number of hydrogen-bond acceptors (Lipinski definition) is 6. The molecule has 0 saturated heterocycles. The first-order valence-electron chi connectivity index (χ1n) is 7.96. The average Bonchev–Trinajstić information content (AvgIpc) is 3.12. The van der Waals surface area contributed by atoms with Crippen LogP contribution in [0, 0.1) is 0 Å². The molecule has 0 radical (unpaired) electrons. The number of β-amino-alcohol motifs (C(OH)–C–C–N with tert-alkyl or cyclic N) is 1. The molecule has 25 heavy (non-hydrogen) atoms. The number of aliphatic hydroxyl groups is 2. The minimum Gasteiger partial charge on any atom is -0.398 e. The minimum atomic E-state index is -0.879. The Hall–Kier alpha value is -2.68. The number of aromatic nitrogens is 1. The zero-order chi connectivity index (χ0) is 18.1. The Bertz CT molecular complexity index is 868. The van der Waals surface area contributed by atoms with Crippen LogP contribution in [0.1, 0.15) is 12.5 Å². The van der Waals surface area contributed by atoms with Crippen molar-refractivity contribution < 1.29 is 15.0 Å². The Kier molecular flexibility index (Phi) is 4.58. The van der Waals surface area contributed by atoms with Crippen molar-refractivity contribution in [2.24, 2.45) is 10.7 Å². The lowest BCUT2D eigenvalue weighted by Crippen LogP contribution is -2.49. The number of fused-ring (bicyclic) bond motifs is 1. The lowest BCUT2D eigenvalue weighted by atomic mass is 10.1. The van der Waals surface area contributed by atoms with Gasteiger partial charge in [-0.15, -0.1) is 0 Å². The molecule has 0 aliphatic carbocycles. The Morgan fingerprint density at radius 2 is 2.20 bits per heavy atom. The second kappa shape index (κ2) is 6.67. The molecule has 8 nitrogen and oxygen atoms in total. The molecule has 0 fully saturated rings. The summed E-state index contributed by atoms with van der Waals surface area (Å²) in [6, 6.07) is 4.69. The first kappa shape index (κ1) is 17.2. The summed E-state index contributed by atoms with van der Waals surface area (Å²) in [4.78, 5) is 21.3. The molecule has 2 atom stereocenters. The summed E-state index contributed by atoms with van der Waals surface area (Å²) < 4.78 is 0. The molecular weight excluding hydrogens is 322 g/mol. The van der Waals surface area contributed by atoms with Gasteiger partial charge in [0.05, 0.1) is 25.3 Å². The van der Waals surface area contributed by atoms with Crippen molar-refractivity contribution in [3.05, 3.63) is 35.7 Å². The largest absolute Gasteiger partial charge is 0.398 e. The Morgan fingerprint density at radius 1 is 1.44 bits per heavy atom. The first-order valence-corrected chi connectivity index (χ1v) is 7.96. The Morgan fingerprint density at radius 3 is 2.88 bits per heavy atom. The number of hydrogen-bond donors (Lipinski definition) is 5. The van der Waals surface area contributed by atoms with E-state index in [1.165, 1.54) is 11.8 Å². The maximum Gasteiger partial charge on any atom is 0.278 e. The van der Waals surface area contributed by atoms with E-state index < -0.39 is 12.1 Å². The topological polar surface area (TPSA) is 141 Å². The molecule has 1 amide bonds. The SMILES string of the molecule is CC(O)C(N)C1=N/C(=C\c2c[nH]c3cccc(N)c23)C(=O)N1CCO. The number of nitrogens with one attached hydrogen (secondary N) is 1. The maximum absolute atomic E-state index is 12.6. The summed E-state index contributed by atoms with van der Waals surface area (Å²) in [5.41, 5.74) is 14.3. The molecule has 7 N–H and O–H groups in total. The van der Waals surface area contributed by atoms with Crippen molar-refractivity contribution in [1.29, 1.82) is 0 Å². The van der Waals surface area contributed by atoms with Crippen LogP contribution in [-0.2, 0) is 4.79 Å². The number of aliphatic imine (C=N–C) groups is 1. The van der Waals surface area contributed by atoms with E-state index in [0.717, 1.165) is 16.5 Å². The van der Waals surface area contributed by atoms with E-state index in [-0.39, 0.29) is 30.6 Å². The molecule has 1 aromatic carbocycles. The zero-order valence-corrected chi connectivity index (χ0v) is 13.8. The fourth-order valence-electron chi connectivity index (χ4n) is 2.86. The molecule has 8 heteroatoms. The number of nitrogens with zero attached hydrogens (tertiary/aromatic N) is 2. The van der Waals surface area contributed by atoms with Gasteiger partial charge in [-0.25, -0.2) is 4.99 Å². The van der Waals surface area contributed by atoms with Gasteiger partial charge >= 0.3 is 0 Å². The van der Waals surface area contributed by atoms with E-state index in [0.29, 0.717) is 5.69 Å². The second-order valence-electron chi connectivity index (χ2n) is 5.96. The molecule has 132 valence electrons. The standard InChI is InChI=1S/C17H21N5O3/c1-9(24)15(19)16-21-13(17(25)22(16)5-6-23)7-10-8-20-12-4-2-3-11(18)14(10)12/h2-4,7-9,15,20,23-24H,5-6,18-19H2,1H3/b13-7-. The highest BCUT2D eigenvalue weighted by molar-refractivity contribution is 6.16. The lowest BCUT2D eigenvalue weighted by molar-refractivity contribution is -0.123. The van der Waals surface area contributed by atoms with Crippen LogP contribution in [0.3, 0.4) is 0 Å². The van der Waals surface area contributed by atoms with Crippen LogP contribution in [0.5, 0.6) is 0 Å². The molecule has 1 aromatic heterocycles. The van der Waals surface area contributed by atoms with Gasteiger partial charge in [-0.05, 0) is 25.1 Å². The third-order valence-electron chi connectivity index (χ3n) is 4.18. The fourth-order valence-corrected chi connectivity index (χ4v) is 2.86. The minimum absolute atomic E-state index is 0.0610. The predicted octanol–water partition coefficient (Wildman–Crippen LogP) is 0.0321. The van der Waals surface area contributed by atoms with Gasteiger partial charge in [-0.3, -0.25) is 9.69 Å². The molecule has 2 heterocycles. The molecule has 2 unspecified atom stereocenters. The van der Waals surface area contributed by atoms with Crippen LogP contribution in [0.4, 0.5) is 5.69 Å². The number of nitrogen functional groups attached to an aromatic ring is 1. The van der Waals surface area contributed by atoms with Crippen molar-refractivity contribution >= 4 is 34.4 Å². The number of carbonyl (C=O) groups is 1. The highest BCUT2D eigenvalue weighted by Crippen LogP contribution is 2.28. The Balaban J connectivity index is 2.06. The van der Waals surface area contributed by atoms with Crippen LogP contribution in [0.15, 0.2) is 35.1 Å². The molecule has 3 rings (SSSR count). The highest BCUT2D eigenvalue weighted by Gasteiger charge is 2.34. The number of benzene rings is 1. The van der Waals surface area contributed by atoms with Crippen LogP contribution < -0.4 is 11.5 Å². The van der Waals surface area contributed by atoms with Gasteiger partial charge in [0, 0.05) is 28.4 Å². The number of carbonyl (C=O) groups excluding carboxylic acids is 1. The number of anilines is 1. The van der Waals surface area contributed by atoms with Crippen molar-refractivity contribution in [2.45, 2.75) is 19.1 Å². The van der Waals surface area contributed by atoms with E-state index >= 15 is 0 Å². The number of nitrogens with two attached hydrogens (primary N) is 2. The Labute approximate surface area is 144 Å². The number of aliphatic hydroxyl groups excluding tert-OH is 2. The van der Waals surface area contributed by atoms with Crippen molar-refractivity contribution in [1.82, 2.24) is 9.88 Å². The van der Waals surface area contributed by atoms with Crippen LogP contribution in [-0.4, -0.2) is 57.1 Å². The summed E-state index contributed by atoms with van der Waals surface area (Å²) in [6.45, 7) is 1.35. The summed E-state index contributed by atoms with van der Waals surface area (Å²) >= 11 is 0. The van der Waals surface area contributed by atoms with Gasteiger partial charge in [0.25, 0.3) is 5.91 Å². The van der Waals surface area contributed by atoms with E-state index in [9.17, 15) is 15.0 Å². The van der Waals surface area contributed by atoms with Gasteiger partial charge in [0.15, 0.2) is 0 Å². The monoisotopic (exact) mass is 343 g/mol. The first-order chi connectivity index (χ1) is 11.9. The van der Waals surface area contributed by atoms with Gasteiger partial charge in [-0.2, -0.15) is 0 Å². The third kappa shape index (κ3) is 3.02. The van der Waals surface area contributed by atoms with Gasteiger partial charge in [-0.1, -0.05) is 6.07 Å². The number of H-pyrrole nitrogens is 1. The fraction of sp³-hybridized carbons (Fsp3) is 0.294. The summed E-state index contributed by atoms with van der Waals surface area (Å²) in [6.07, 6.45) is 2.50. The third-order valence-corrected chi connectivity index (χ3v) is 4.18. The van der Waals surface area contributed by atoms with Gasteiger partial charge < -0.3 is 26.7 Å². The molecule has 0 bridgehead atoms. The van der Waals surface area contributed by atoms with E-state index in [1.54, 1.807) is 18.3 Å². The van der Waals surface area contributed by atoms with Crippen molar-refractivity contribution in [3.63, 3.8) is 0 Å². The van der Waals surface area contributed by atoms with Gasteiger partial charge in [0.1, 0.15) is 11.5 Å². The smallest absolute Gasteiger partial charge is 0.278 e. The average molecular weight is 343 g/mol. The van der Waals surface area contributed by atoms with Crippen LogP contribution in [0.25, 0.3) is 17.0 Å². The number of amidine groups is 1. The molecule has 1 aliphatic heterocycles. The van der Waals surface area contributed by atoms with E-state index in [4.69, 9.17) is 11.5 Å². The molecule has 1 aliphatic rings. The summed E-state index contributed by atoms with van der Waals surface area (Å²) in [5.74, 6) is -0.128. The normalized spacial score (nSPS) is 18.9. The van der Waals surface area contributed by atoms with E-state index in [2.05, 4.69) is 9.98 Å². The van der Waals surface area contributed by atoms with E-state index in [1.807, 2.05) is 12.1 Å². The number of aromatic amines is 1. The second-order valence-corrected chi connectivity index (χ2v) is 5.96. The molecule has 2 aromatic rings. The van der Waals surface area contributed by atoms with Crippen LogP contribution >= 0.6 is 0 Å². The summed E-state index contributed by atoms with van der Waals surface area (Å²) in [7, 11) is 0. The molecule has 0 saturated carbocycles. The zero-order valence-electron chi connectivity index (χ0n) is 13.8. The maximum atomic E-state index is 12.6. The van der Waals surface area contributed by atoms with Crippen LogP contribution in [0.2, 0.25) is 0 Å².